The van der Waals surface area contributed by atoms with E-state index in [1.165, 1.54) is 13.2 Å². The van der Waals surface area contributed by atoms with Crippen LogP contribution in [0.1, 0.15) is 26.3 Å². The molecule has 108 valence electrons. The molecule has 0 aliphatic heterocycles. The van der Waals surface area contributed by atoms with Gasteiger partial charge in [0.15, 0.2) is 0 Å². The molecule has 0 unspecified atom stereocenters. The SMILES string of the molecule is COC(=O)c1ccc(COc2ccccc2C(=O)O)cc1. The Morgan fingerprint density at radius 1 is 1.05 bits per heavy atom. The van der Waals surface area contributed by atoms with Crippen LogP contribution in [0.3, 0.4) is 0 Å². The molecule has 0 aliphatic rings. The number of hydrogen-bond donors (Lipinski definition) is 1. The van der Waals surface area contributed by atoms with Gasteiger partial charge in [-0.2, -0.15) is 0 Å². The number of aromatic carboxylic acids is 1. The third kappa shape index (κ3) is 3.60. The summed E-state index contributed by atoms with van der Waals surface area (Å²) < 4.78 is 10.1. The molecule has 5 heteroatoms. The Kier molecular flexibility index (Phi) is 4.56. The predicted molar refractivity (Wildman–Crippen MR) is 75.5 cm³/mol. The van der Waals surface area contributed by atoms with Gasteiger partial charge in [-0.05, 0) is 29.8 Å². The molecule has 0 aromatic heterocycles. The Labute approximate surface area is 121 Å². The summed E-state index contributed by atoms with van der Waals surface area (Å²) in [6, 6.07) is 13.2. The van der Waals surface area contributed by atoms with Crippen LogP contribution in [0, 0.1) is 0 Å². The second kappa shape index (κ2) is 6.56. The predicted octanol–water partition coefficient (Wildman–Crippen LogP) is 2.75. The molecule has 21 heavy (non-hydrogen) atoms. The van der Waals surface area contributed by atoms with Crippen molar-refractivity contribution in [2.75, 3.05) is 7.11 Å². The Bertz CT molecular complexity index is 646. The van der Waals surface area contributed by atoms with E-state index in [1.807, 2.05) is 0 Å². The fourth-order valence-electron chi connectivity index (χ4n) is 1.79. The highest BCUT2D eigenvalue weighted by atomic mass is 16.5. The topological polar surface area (TPSA) is 72.8 Å². The summed E-state index contributed by atoms with van der Waals surface area (Å²) in [7, 11) is 1.32. The molecule has 2 rings (SSSR count). The van der Waals surface area contributed by atoms with Gasteiger partial charge >= 0.3 is 11.9 Å². The number of ether oxygens (including phenoxy) is 2. The van der Waals surface area contributed by atoms with Crippen LogP contribution < -0.4 is 4.74 Å². The number of carboxylic acid groups (broad SMARTS) is 1. The Hall–Kier alpha value is -2.82. The first-order chi connectivity index (χ1) is 10.1. The first-order valence-electron chi connectivity index (χ1n) is 6.24. The van der Waals surface area contributed by atoms with Crippen LogP contribution >= 0.6 is 0 Å². The van der Waals surface area contributed by atoms with E-state index in [0.29, 0.717) is 11.3 Å². The number of hydrogen-bond acceptors (Lipinski definition) is 4. The molecule has 0 saturated heterocycles. The summed E-state index contributed by atoms with van der Waals surface area (Å²) >= 11 is 0. The molecule has 2 aromatic carbocycles. The van der Waals surface area contributed by atoms with E-state index in [-0.39, 0.29) is 12.2 Å². The number of carboxylic acids is 1. The van der Waals surface area contributed by atoms with Crippen molar-refractivity contribution in [1.82, 2.24) is 0 Å². The molecule has 0 amide bonds. The second-order valence-corrected chi connectivity index (χ2v) is 4.28. The van der Waals surface area contributed by atoms with Crippen molar-refractivity contribution in [3.63, 3.8) is 0 Å². The maximum absolute atomic E-state index is 11.3. The van der Waals surface area contributed by atoms with Gasteiger partial charge in [0.05, 0.1) is 12.7 Å². The molecule has 0 spiro atoms. The summed E-state index contributed by atoms with van der Waals surface area (Å²) in [6.07, 6.45) is 0. The highest BCUT2D eigenvalue weighted by Crippen LogP contribution is 2.19. The maximum atomic E-state index is 11.3. The van der Waals surface area contributed by atoms with Crippen LogP contribution in [0.15, 0.2) is 48.5 Å². The summed E-state index contributed by atoms with van der Waals surface area (Å²) in [6.45, 7) is 0.214. The van der Waals surface area contributed by atoms with Gasteiger partial charge in [0, 0.05) is 0 Å². The lowest BCUT2D eigenvalue weighted by Gasteiger charge is -2.09. The van der Waals surface area contributed by atoms with Gasteiger partial charge < -0.3 is 14.6 Å². The molecule has 0 fully saturated rings. The Morgan fingerprint density at radius 2 is 1.71 bits per heavy atom. The fraction of sp³-hybridized carbons (Fsp3) is 0.125. The van der Waals surface area contributed by atoms with Crippen molar-refractivity contribution in [2.45, 2.75) is 6.61 Å². The van der Waals surface area contributed by atoms with Crippen molar-refractivity contribution in [1.29, 1.82) is 0 Å². The highest BCUT2D eigenvalue weighted by molar-refractivity contribution is 5.90. The standard InChI is InChI=1S/C16H14O5/c1-20-16(19)12-8-6-11(7-9-12)10-21-14-5-3-2-4-13(14)15(17)18/h2-9H,10H2,1H3,(H,17,18). The second-order valence-electron chi connectivity index (χ2n) is 4.28. The van der Waals surface area contributed by atoms with E-state index in [4.69, 9.17) is 9.84 Å². The third-order valence-electron chi connectivity index (χ3n) is 2.89. The average Bonchev–Trinajstić information content (AvgIpc) is 2.52. The van der Waals surface area contributed by atoms with Gasteiger partial charge in [0.1, 0.15) is 17.9 Å². The lowest BCUT2D eigenvalue weighted by molar-refractivity contribution is 0.0599. The molecule has 2 aromatic rings. The van der Waals surface area contributed by atoms with Crippen LogP contribution in [-0.2, 0) is 11.3 Å². The minimum atomic E-state index is -1.04. The summed E-state index contributed by atoms with van der Waals surface area (Å²) in [5.74, 6) is -1.13. The maximum Gasteiger partial charge on any atom is 0.339 e. The molecule has 0 atom stereocenters. The quantitative estimate of drug-likeness (QED) is 0.856. The van der Waals surface area contributed by atoms with E-state index in [1.54, 1.807) is 42.5 Å². The van der Waals surface area contributed by atoms with E-state index in [0.717, 1.165) is 5.56 Å². The summed E-state index contributed by atoms with van der Waals surface area (Å²) in [4.78, 5) is 22.4. The number of benzene rings is 2. The molecule has 0 bridgehead atoms. The highest BCUT2D eigenvalue weighted by Gasteiger charge is 2.10. The number of methoxy groups -OCH3 is 1. The smallest absolute Gasteiger partial charge is 0.339 e. The van der Waals surface area contributed by atoms with Gasteiger partial charge in [-0.25, -0.2) is 9.59 Å². The molecule has 5 nitrogen and oxygen atoms in total. The largest absolute Gasteiger partial charge is 0.488 e. The number of para-hydroxylation sites is 1. The van der Waals surface area contributed by atoms with Crippen molar-refractivity contribution >= 4 is 11.9 Å². The number of carbonyl (C=O) groups is 2. The van der Waals surface area contributed by atoms with Crippen LogP contribution in [0.4, 0.5) is 0 Å². The van der Waals surface area contributed by atoms with Gasteiger partial charge in [0.2, 0.25) is 0 Å². The molecule has 1 N–H and O–H groups in total. The monoisotopic (exact) mass is 286 g/mol. The van der Waals surface area contributed by atoms with Crippen LogP contribution in [-0.4, -0.2) is 24.2 Å². The molecule has 0 heterocycles. The third-order valence-corrected chi connectivity index (χ3v) is 2.89. The fourth-order valence-corrected chi connectivity index (χ4v) is 1.79. The Balaban J connectivity index is 2.07. The number of rotatable bonds is 5. The van der Waals surface area contributed by atoms with Gasteiger partial charge in [-0.1, -0.05) is 24.3 Å². The summed E-state index contributed by atoms with van der Waals surface area (Å²) in [5, 5.41) is 9.06. The minimum absolute atomic E-state index is 0.115. The van der Waals surface area contributed by atoms with Crippen LogP contribution in [0.5, 0.6) is 5.75 Å². The van der Waals surface area contributed by atoms with Gasteiger partial charge in [-0.3, -0.25) is 0 Å². The number of carbonyl (C=O) groups excluding carboxylic acids is 1. The van der Waals surface area contributed by atoms with Gasteiger partial charge in [-0.15, -0.1) is 0 Å². The van der Waals surface area contributed by atoms with Gasteiger partial charge in [0.25, 0.3) is 0 Å². The first-order valence-corrected chi connectivity index (χ1v) is 6.24. The van der Waals surface area contributed by atoms with E-state index in [2.05, 4.69) is 4.74 Å². The van der Waals surface area contributed by atoms with Crippen LogP contribution in [0.25, 0.3) is 0 Å². The normalized spacial score (nSPS) is 9.95. The van der Waals surface area contributed by atoms with Crippen molar-refractivity contribution in [3.8, 4) is 5.75 Å². The minimum Gasteiger partial charge on any atom is -0.488 e. The zero-order valence-electron chi connectivity index (χ0n) is 11.4. The van der Waals surface area contributed by atoms with Crippen molar-refractivity contribution in [3.05, 3.63) is 65.2 Å². The molecule has 0 aliphatic carbocycles. The molecule has 0 radical (unpaired) electrons. The van der Waals surface area contributed by atoms with E-state index < -0.39 is 11.9 Å². The molecular formula is C16H14O5. The van der Waals surface area contributed by atoms with E-state index in [9.17, 15) is 9.59 Å². The zero-order valence-corrected chi connectivity index (χ0v) is 11.4. The lowest BCUT2D eigenvalue weighted by atomic mass is 10.1. The van der Waals surface area contributed by atoms with Crippen molar-refractivity contribution < 1.29 is 24.2 Å². The first kappa shape index (κ1) is 14.6. The van der Waals surface area contributed by atoms with Crippen LogP contribution in [0.2, 0.25) is 0 Å². The molecule has 0 saturated carbocycles. The summed E-state index contributed by atoms with van der Waals surface area (Å²) in [5.41, 5.74) is 1.39. The zero-order chi connectivity index (χ0) is 15.2. The average molecular weight is 286 g/mol. The molecular weight excluding hydrogens is 272 g/mol. The van der Waals surface area contributed by atoms with Crippen molar-refractivity contribution in [2.24, 2.45) is 0 Å². The number of esters is 1. The van der Waals surface area contributed by atoms with E-state index >= 15 is 0 Å². The lowest BCUT2D eigenvalue weighted by Crippen LogP contribution is -2.04. The Morgan fingerprint density at radius 3 is 2.33 bits per heavy atom.